The van der Waals surface area contributed by atoms with Crippen LogP contribution in [0.5, 0.6) is 0 Å². The molecule has 2 rings (SSSR count). The van der Waals surface area contributed by atoms with Crippen molar-refractivity contribution in [2.75, 3.05) is 25.9 Å². The van der Waals surface area contributed by atoms with Crippen LogP contribution in [0.25, 0.3) is 0 Å². The van der Waals surface area contributed by atoms with Crippen LogP contribution < -0.4 is 5.73 Å². The van der Waals surface area contributed by atoms with Crippen LogP contribution in [-0.4, -0.2) is 39.0 Å². The average molecular weight is 302 g/mol. The lowest BCUT2D eigenvalue weighted by Crippen LogP contribution is -2.46. The number of hydrogen-bond donors (Lipinski definition) is 1. The van der Waals surface area contributed by atoms with Crippen LogP contribution in [0.2, 0.25) is 0 Å². The van der Waals surface area contributed by atoms with E-state index >= 15 is 0 Å². The van der Waals surface area contributed by atoms with Gasteiger partial charge in [-0.1, -0.05) is 6.92 Å². The zero-order valence-electron chi connectivity index (χ0n) is 11.5. The van der Waals surface area contributed by atoms with Gasteiger partial charge in [0.25, 0.3) is 0 Å². The van der Waals surface area contributed by atoms with E-state index in [0.717, 1.165) is 12.1 Å². The molecule has 1 fully saturated rings. The van der Waals surface area contributed by atoms with Gasteiger partial charge in [0.05, 0.1) is 11.8 Å². The normalized spacial score (nSPS) is 24.8. The lowest BCUT2D eigenvalue weighted by Gasteiger charge is -2.35. The second-order valence-electron chi connectivity index (χ2n) is 5.09. The highest BCUT2D eigenvalue weighted by Crippen LogP contribution is 2.28. The van der Waals surface area contributed by atoms with Gasteiger partial charge in [0.1, 0.15) is 10.7 Å². The average Bonchev–Trinajstić information content (AvgIpc) is 2.41. The number of nitrogen functional groups attached to an aromatic ring is 1. The number of piperidine rings is 1. The molecule has 1 aliphatic heterocycles. The maximum atomic E-state index is 13.3. The van der Waals surface area contributed by atoms with Crippen molar-refractivity contribution in [1.82, 2.24) is 4.31 Å². The molecule has 0 radical (unpaired) electrons. The summed E-state index contributed by atoms with van der Waals surface area (Å²) in [6.45, 7) is 2.67. The Bertz CT molecular complexity index is 591. The molecule has 1 saturated heterocycles. The van der Waals surface area contributed by atoms with Gasteiger partial charge in [-0.05, 0) is 30.5 Å². The Morgan fingerprint density at radius 1 is 1.45 bits per heavy atom. The van der Waals surface area contributed by atoms with E-state index in [9.17, 15) is 12.8 Å². The van der Waals surface area contributed by atoms with Gasteiger partial charge in [0.2, 0.25) is 10.0 Å². The smallest absolute Gasteiger partial charge is 0.245 e. The fourth-order valence-corrected chi connectivity index (χ4v) is 4.00. The number of nitrogens with zero attached hydrogens (tertiary/aromatic N) is 1. The Labute approximate surface area is 118 Å². The molecule has 7 heteroatoms. The number of rotatable bonds is 3. The molecule has 1 aliphatic rings. The van der Waals surface area contributed by atoms with Crippen molar-refractivity contribution >= 4 is 15.7 Å². The number of methoxy groups -OCH3 is 1. The zero-order chi connectivity index (χ0) is 14.9. The molecular weight excluding hydrogens is 283 g/mol. The van der Waals surface area contributed by atoms with Crippen molar-refractivity contribution in [2.45, 2.75) is 24.3 Å². The number of anilines is 1. The zero-order valence-corrected chi connectivity index (χ0v) is 12.4. The van der Waals surface area contributed by atoms with Crippen LogP contribution in [-0.2, 0) is 14.8 Å². The van der Waals surface area contributed by atoms with Gasteiger partial charge in [-0.15, -0.1) is 0 Å². The lowest BCUT2D eigenvalue weighted by molar-refractivity contribution is 0.0184. The monoisotopic (exact) mass is 302 g/mol. The molecule has 0 aliphatic carbocycles. The molecule has 112 valence electrons. The van der Waals surface area contributed by atoms with Crippen LogP contribution in [0.1, 0.15) is 13.3 Å². The summed E-state index contributed by atoms with van der Waals surface area (Å²) in [6, 6.07) is 3.37. The van der Waals surface area contributed by atoms with Gasteiger partial charge in [-0.3, -0.25) is 0 Å². The summed E-state index contributed by atoms with van der Waals surface area (Å²) in [5.41, 5.74) is 5.73. The van der Waals surface area contributed by atoms with Gasteiger partial charge in [0.15, 0.2) is 0 Å². The maximum absolute atomic E-state index is 13.3. The summed E-state index contributed by atoms with van der Waals surface area (Å²) >= 11 is 0. The van der Waals surface area contributed by atoms with Crippen molar-refractivity contribution in [2.24, 2.45) is 5.92 Å². The molecule has 1 aromatic rings. The Kier molecular flexibility index (Phi) is 4.31. The molecule has 1 heterocycles. The number of nitrogens with two attached hydrogens (primary N) is 1. The summed E-state index contributed by atoms with van der Waals surface area (Å²) in [6.07, 6.45) is 0.542. The Balaban J connectivity index is 2.33. The predicted octanol–water partition coefficient (Wildman–Crippen LogP) is 1.45. The van der Waals surface area contributed by atoms with E-state index in [1.807, 2.05) is 6.92 Å². The number of benzene rings is 1. The number of sulfonamides is 1. The number of halogens is 1. The van der Waals surface area contributed by atoms with Gasteiger partial charge in [0, 0.05) is 20.2 Å². The van der Waals surface area contributed by atoms with E-state index in [1.54, 1.807) is 7.11 Å². The predicted molar refractivity (Wildman–Crippen MR) is 74.1 cm³/mol. The second-order valence-corrected chi connectivity index (χ2v) is 6.99. The van der Waals surface area contributed by atoms with E-state index in [4.69, 9.17) is 10.5 Å². The molecule has 20 heavy (non-hydrogen) atoms. The van der Waals surface area contributed by atoms with E-state index in [-0.39, 0.29) is 29.1 Å². The summed E-state index contributed by atoms with van der Waals surface area (Å²) in [5, 5.41) is 0. The van der Waals surface area contributed by atoms with E-state index in [2.05, 4.69) is 0 Å². The summed E-state index contributed by atoms with van der Waals surface area (Å²) in [7, 11) is -2.23. The first kappa shape index (κ1) is 15.2. The van der Waals surface area contributed by atoms with Crippen LogP contribution in [0.4, 0.5) is 10.1 Å². The van der Waals surface area contributed by atoms with E-state index in [0.29, 0.717) is 13.0 Å². The third-order valence-electron chi connectivity index (χ3n) is 3.75. The van der Waals surface area contributed by atoms with Crippen LogP contribution >= 0.6 is 0 Å². The molecule has 0 spiro atoms. The van der Waals surface area contributed by atoms with Crippen LogP contribution in [0, 0.1) is 11.7 Å². The summed E-state index contributed by atoms with van der Waals surface area (Å²) in [5.74, 6) is -0.331. The van der Waals surface area contributed by atoms with Gasteiger partial charge < -0.3 is 10.5 Å². The van der Waals surface area contributed by atoms with Gasteiger partial charge >= 0.3 is 0 Å². The summed E-state index contributed by atoms with van der Waals surface area (Å²) in [4.78, 5) is -0.179. The molecular formula is C13H19FN2O3S. The van der Waals surface area contributed by atoms with Crippen LogP contribution in [0.15, 0.2) is 23.1 Å². The largest absolute Gasteiger partial charge is 0.398 e. The van der Waals surface area contributed by atoms with Crippen molar-refractivity contribution < 1.29 is 17.5 Å². The van der Waals surface area contributed by atoms with Crippen molar-refractivity contribution in [3.8, 4) is 0 Å². The minimum absolute atomic E-state index is 0.0546. The van der Waals surface area contributed by atoms with Gasteiger partial charge in [-0.25, -0.2) is 12.8 Å². The fraction of sp³-hybridized carbons (Fsp3) is 0.538. The van der Waals surface area contributed by atoms with E-state index in [1.165, 1.54) is 10.4 Å². The van der Waals surface area contributed by atoms with Crippen molar-refractivity contribution in [1.29, 1.82) is 0 Å². The minimum atomic E-state index is -3.79. The third-order valence-corrected chi connectivity index (χ3v) is 5.67. The molecule has 5 nitrogen and oxygen atoms in total. The molecule has 2 N–H and O–H groups in total. The first-order valence-electron chi connectivity index (χ1n) is 6.44. The molecule has 2 atom stereocenters. The molecule has 2 unspecified atom stereocenters. The van der Waals surface area contributed by atoms with Gasteiger partial charge in [-0.2, -0.15) is 4.31 Å². The first-order chi connectivity index (χ1) is 9.36. The van der Waals surface area contributed by atoms with Crippen molar-refractivity contribution in [3.05, 3.63) is 24.0 Å². The van der Waals surface area contributed by atoms with Crippen molar-refractivity contribution in [3.63, 3.8) is 0 Å². The topological polar surface area (TPSA) is 72.6 Å². The molecule has 0 saturated carbocycles. The lowest BCUT2D eigenvalue weighted by atomic mass is 9.97. The number of hydrogen-bond acceptors (Lipinski definition) is 4. The van der Waals surface area contributed by atoms with Crippen LogP contribution in [0.3, 0.4) is 0 Å². The Hall–Kier alpha value is -1.18. The fourth-order valence-electron chi connectivity index (χ4n) is 2.40. The molecule has 1 aromatic carbocycles. The second kappa shape index (κ2) is 5.67. The first-order valence-corrected chi connectivity index (χ1v) is 7.88. The highest BCUT2D eigenvalue weighted by atomic mass is 32.2. The Morgan fingerprint density at radius 3 is 2.80 bits per heavy atom. The minimum Gasteiger partial charge on any atom is -0.398 e. The molecule has 0 amide bonds. The third kappa shape index (κ3) is 2.79. The maximum Gasteiger partial charge on any atom is 0.245 e. The summed E-state index contributed by atoms with van der Waals surface area (Å²) < 4.78 is 45.0. The highest BCUT2D eigenvalue weighted by Gasteiger charge is 2.34. The van der Waals surface area contributed by atoms with E-state index < -0.39 is 15.8 Å². The number of ether oxygens (including phenoxy) is 1. The Morgan fingerprint density at radius 2 is 2.15 bits per heavy atom. The quantitative estimate of drug-likeness (QED) is 0.858. The standard InChI is InChI=1S/C13H19FN2O3S/c1-9-5-6-16(8-12(9)19-2)20(17,18)13-7-10(14)3-4-11(13)15/h3-4,7,9,12H,5-6,8,15H2,1-2H3. The highest BCUT2D eigenvalue weighted by molar-refractivity contribution is 7.89. The molecule has 0 aromatic heterocycles. The molecule has 0 bridgehead atoms. The SMILES string of the molecule is COC1CN(S(=O)(=O)c2cc(F)ccc2N)CCC1C.